The minimum atomic E-state index is -3.18. The van der Waals surface area contributed by atoms with E-state index >= 15 is 0 Å². The summed E-state index contributed by atoms with van der Waals surface area (Å²) in [4.78, 5) is 0. The molecule has 17 heavy (non-hydrogen) atoms. The smallest absolute Gasteiger partial charge is 0.157 e. The lowest BCUT2D eigenvalue weighted by atomic mass is 10.3. The Kier molecular flexibility index (Phi) is 2.97. The highest BCUT2D eigenvalue weighted by molar-refractivity contribution is 7.90. The third-order valence-corrected chi connectivity index (χ3v) is 4.11. The molecule has 0 aliphatic heterocycles. The maximum Gasteiger partial charge on any atom is 0.157 e. The van der Waals surface area contributed by atoms with Crippen LogP contribution in [-0.2, 0) is 9.84 Å². The number of aromatic nitrogens is 3. The summed E-state index contributed by atoms with van der Waals surface area (Å²) < 4.78 is 24.8. The number of nitrogens with zero attached hydrogens (tertiary/aromatic N) is 3. The van der Waals surface area contributed by atoms with E-state index in [0.717, 1.165) is 5.69 Å². The number of hydrogen-bond acceptors (Lipinski definition) is 4. The van der Waals surface area contributed by atoms with Gasteiger partial charge >= 0.3 is 0 Å². The van der Waals surface area contributed by atoms with E-state index in [-0.39, 0.29) is 0 Å². The van der Waals surface area contributed by atoms with Crippen LogP contribution in [0.25, 0.3) is 5.69 Å². The van der Waals surface area contributed by atoms with E-state index in [0.29, 0.717) is 5.82 Å². The maximum absolute atomic E-state index is 11.5. The van der Waals surface area contributed by atoms with Crippen molar-refractivity contribution in [2.45, 2.75) is 12.2 Å². The zero-order valence-electron chi connectivity index (χ0n) is 9.61. The Bertz CT molecular complexity index is 605. The fourth-order valence-corrected chi connectivity index (χ4v) is 2.04. The SMILES string of the molecule is CC(c1nncn1-c1ccccc1)S(C)(=O)=O. The molecule has 1 unspecified atom stereocenters. The average molecular weight is 251 g/mol. The molecule has 0 spiro atoms. The predicted octanol–water partition coefficient (Wildman–Crippen LogP) is 1.37. The Morgan fingerprint density at radius 2 is 1.88 bits per heavy atom. The Balaban J connectivity index is 2.50. The van der Waals surface area contributed by atoms with Crippen LogP contribution in [0.4, 0.5) is 0 Å². The van der Waals surface area contributed by atoms with E-state index in [1.54, 1.807) is 11.5 Å². The maximum atomic E-state index is 11.5. The third kappa shape index (κ3) is 2.36. The molecule has 6 heteroatoms. The van der Waals surface area contributed by atoms with Gasteiger partial charge in [-0.15, -0.1) is 10.2 Å². The molecule has 1 atom stereocenters. The third-order valence-electron chi connectivity index (χ3n) is 2.61. The predicted molar refractivity (Wildman–Crippen MR) is 64.6 cm³/mol. The van der Waals surface area contributed by atoms with Crippen molar-refractivity contribution >= 4 is 9.84 Å². The summed E-state index contributed by atoms with van der Waals surface area (Å²) in [5, 5.41) is 7.00. The standard InChI is InChI=1S/C11H13N3O2S/c1-9(17(2,15)16)11-13-12-8-14(11)10-6-4-3-5-7-10/h3-9H,1-2H3. The molecule has 0 fully saturated rings. The summed E-state index contributed by atoms with van der Waals surface area (Å²) >= 11 is 0. The Morgan fingerprint density at radius 1 is 1.24 bits per heavy atom. The summed E-state index contributed by atoms with van der Waals surface area (Å²) in [6.45, 7) is 1.61. The molecule has 1 aromatic carbocycles. The summed E-state index contributed by atoms with van der Waals surface area (Å²) in [5.41, 5.74) is 0.850. The first-order valence-electron chi connectivity index (χ1n) is 5.14. The van der Waals surface area contributed by atoms with E-state index in [2.05, 4.69) is 10.2 Å². The summed E-state index contributed by atoms with van der Waals surface area (Å²) in [6, 6.07) is 9.41. The Hall–Kier alpha value is -1.69. The largest absolute Gasteiger partial charge is 0.285 e. The van der Waals surface area contributed by atoms with Crippen molar-refractivity contribution in [3.8, 4) is 5.69 Å². The number of para-hydroxylation sites is 1. The normalized spacial score (nSPS) is 13.5. The minimum Gasteiger partial charge on any atom is -0.285 e. The van der Waals surface area contributed by atoms with Gasteiger partial charge in [0.25, 0.3) is 0 Å². The molecule has 0 aliphatic rings. The number of rotatable bonds is 3. The van der Waals surface area contributed by atoms with Crippen LogP contribution in [0, 0.1) is 0 Å². The summed E-state index contributed by atoms with van der Waals surface area (Å²) in [7, 11) is -3.18. The molecule has 1 heterocycles. The van der Waals surface area contributed by atoms with Crippen LogP contribution < -0.4 is 0 Å². The van der Waals surface area contributed by atoms with Gasteiger partial charge in [-0.1, -0.05) is 18.2 Å². The first kappa shape index (κ1) is 11.8. The van der Waals surface area contributed by atoms with Gasteiger partial charge in [-0.2, -0.15) is 0 Å². The van der Waals surface area contributed by atoms with E-state index < -0.39 is 15.1 Å². The number of hydrogen-bond donors (Lipinski definition) is 0. The molecule has 0 saturated carbocycles. The zero-order valence-corrected chi connectivity index (χ0v) is 10.4. The van der Waals surface area contributed by atoms with E-state index in [9.17, 15) is 8.42 Å². The summed E-state index contributed by atoms with van der Waals surface area (Å²) in [6.07, 6.45) is 2.72. The molecule has 1 aromatic heterocycles. The van der Waals surface area contributed by atoms with Crippen LogP contribution in [0.2, 0.25) is 0 Å². The molecule has 0 bridgehead atoms. The summed E-state index contributed by atoms with van der Waals surface area (Å²) in [5.74, 6) is 0.429. The van der Waals surface area contributed by atoms with Crippen LogP contribution in [0.3, 0.4) is 0 Å². The second-order valence-corrected chi connectivity index (χ2v) is 6.23. The van der Waals surface area contributed by atoms with Crippen molar-refractivity contribution in [2.75, 3.05) is 6.26 Å². The van der Waals surface area contributed by atoms with Gasteiger partial charge in [0.2, 0.25) is 0 Å². The van der Waals surface area contributed by atoms with Crippen molar-refractivity contribution in [2.24, 2.45) is 0 Å². The average Bonchev–Trinajstić information content (AvgIpc) is 2.76. The van der Waals surface area contributed by atoms with Gasteiger partial charge in [0.1, 0.15) is 11.6 Å². The van der Waals surface area contributed by atoms with Crippen LogP contribution in [0.5, 0.6) is 0 Å². The number of benzene rings is 1. The molecule has 2 rings (SSSR count). The molecule has 2 aromatic rings. The Labute approximate surface area is 100 Å². The van der Waals surface area contributed by atoms with Crippen LogP contribution in [-0.4, -0.2) is 29.4 Å². The van der Waals surface area contributed by atoms with Crippen molar-refractivity contribution in [3.63, 3.8) is 0 Å². The first-order valence-corrected chi connectivity index (χ1v) is 7.10. The van der Waals surface area contributed by atoms with Crippen molar-refractivity contribution in [3.05, 3.63) is 42.5 Å². The highest BCUT2D eigenvalue weighted by Gasteiger charge is 2.23. The first-order chi connectivity index (χ1) is 8.00. The van der Waals surface area contributed by atoms with Gasteiger partial charge in [-0.25, -0.2) is 8.42 Å². The van der Waals surface area contributed by atoms with Gasteiger partial charge in [-0.3, -0.25) is 4.57 Å². The fraction of sp³-hybridized carbons (Fsp3) is 0.273. The zero-order chi connectivity index (χ0) is 12.5. The molecule has 0 radical (unpaired) electrons. The topological polar surface area (TPSA) is 64.8 Å². The second-order valence-electron chi connectivity index (χ2n) is 3.87. The van der Waals surface area contributed by atoms with Gasteiger partial charge in [0.15, 0.2) is 15.7 Å². The highest BCUT2D eigenvalue weighted by Crippen LogP contribution is 2.21. The van der Waals surface area contributed by atoms with Crippen molar-refractivity contribution in [1.82, 2.24) is 14.8 Å². The number of sulfone groups is 1. The highest BCUT2D eigenvalue weighted by atomic mass is 32.2. The molecule has 0 N–H and O–H groups in total. The lowest BCUT2D eigenvalue weighted by Crippen LogP contribution is -2.13. The molecule has 0 amide bonds. The molecule has 90 valence electrons. The van der Waals surface area contributed by atoms with Crippen molar-refractivity contribution in [1.29, 1.82) is 0 Å². The van der Waals surface area contributed by atoms with E-state index in [1.807, 2.05) is 30.3 Å². The molecule has 0 saturated heterocycles. The lowest BCUT2D eigenvalue weighted by molar-refractivity contribution is 0.588. The van der Waals surface area contributed by atoms with Crippen molar-refractivity contribution < 1.29 is 8.42 Å². The van der Waals surface area contributed by atoms with Gasteiger partial charge < -0.3 is 0 Å². The molecular weight excluding hydrogens is 238 g/mol. The lowest BCUT2D eigenvalue weighted by Gasteiger charge is -2.11. The second kappa shape index (κ2) is 4.29. The fourth-order valence-electron chi connectivity index (χ4n) is 1.50. The molecule has 0 aliphatic carbocycles. The quantitative estimate of drug-likeness (QED) is 0.826. The van der Waals surface area contributed by atoms with Crippen LogP contribution in [0.15, 0.2) is 36.7 Å². The van der Waals surface area contributed by atoms with Crippen LogP contribution in [0.1, 0.15) is 18.0 Å². The van der Waals surface area contributed by atoms with Gasteiger partial charge in [0.05, 0.1) is 0 Å². The Morgan fingerprint density at radius 3 is 2.47 bits per heavy atom. The van der Waals surface area contributed by atoms with Gasteiger partial charge in [0, 0.05) is 11.9 Å². The van der Waals surface area contributed by atoms with E-state index in [4.69, 9.17) is 0 Å². The van der Waals surface area contributed by atoms with Gasteiger partial charge in [-0.05, 0) is 19.1 Å². The van der Waals surface area contributed by atoms with E-state index in [1.165, 1.54) is 12.6 Å². The molecular formula is C11H13N3O2S. The molecule has 5 nitrogen and oxygen atoms in total. The van der Waals surface area contributed by atoms with Crippen LogP contribution >= 0.6 is 0 Å². The minimum absolute atomic E-state index is 0.429. The monoisotopic (exact) mass is 251 g/mol.